The molecule has 2 N–H and O–H groups in total. The SMILES string of the molecule is COc1cc(C#N)c(OC2CCC(C)(C(=O)OCc3cccc4ccccc34)CC2)cc1C(=O)N[C@@H]1[C@H](C(=O)NCC2(C)CCC2)[C@H]2C=C[C@@H]1CC2. The van der Waals surface area contributed by atoms with E-state index in [0.29, 0.717) is 38.0 Å². The molecule has 272 valence electrons. The lowest BCUT2D eigenvalue weighted by atomic mass is 9.65. The molecule has 3 aromatic carbocycles. The first kappa shape index (κ1) is 35.6. The number of benzene rings is 3. The fraction of sp³-hybridized carbons (Fsp3) is 0.488. The molecule has 2 amide bonds. The summed E-state index contributed by atoms with van der Waals surface area (Å²) in [6.07, 6.45) is 11.6. The molecule has 0 radical (unpaired) electrons. The van der Waals surface area contributed by atoms with Crippen LogP contribution < -0.4 is 20.1 Å². The molecule has 52 heavy (non-hydrogen) atoms. The maximum Gasteiger partial charge on any atom is 0.312 e. The van der Waals surface area contributed by atoms with E-state index in [-0.39, 0.29) is 76.6 Å². The third kappa shape index (κ3) is 7.13. The lowest BCUT2D eigenvalue weighted by Gasteiger charge is -2.45. The van der Waals surface area contributed by atoms with Gasteiger partial charge in [-0.3, -0.25) is 14.4 Å². The Hall–Kier alpha value is -4.84. The van der Waals surface area contributed by atoms with Gasteiger partial charge in [0, 0.05) is 18.7 Å². The molecule has 0 aromatic heterocycles. The van der Waals surface area contributed by atoms with Crippen molar-refractivity contribution in [2.45, 2.75) is 90.4 Å². The highest BCUT2D eigenvalue weighted by molar-refractivity contribution is 5.98. The van der Waals surface area contributed by atoms with Gasteiger partial charge in [0.2, 0.25) is 5.91 Å². The first-order valence-corrected chi connectivity index (χ1v) is 18.8. The molecular weight excluding hydrogens is 654 g/mol. The van der Waals surface area contributed by atoms with Crippen LogP contribution >= 0.6 is 0 Å². The second-order valence-electron chi connectivity index (χ2n) is 15.9. The van der Waals surface area contributed by atoms with Crippen LogP contribution in [0, 0.1) is 39.9 Å². The predicted molar refractivity (Wildman–Crippen MR) is 198 cm³/mol. The summed E-state index contributed by atoms with van der Waals surface area (Å²) >= 11 is 0. The minimum atomic E-state index is -0.653. The van der Waals surface area contributed by atoms with Gasteiger partial charge in [-0.2, -0.15) is 5.26 Å². The Labute approximate surface area is 306 Å². The Morgan fingerprint density at radius 1 is 0.904 bits per heavy atom. The number of carbonyl (C=O) groups excluding carboxylic acids is 3. The van der Waals surface area contributed by atoms with Crippen molar-refractivity contribution in [1.82, 2.24) is 10.6 Å². The van der Waals surface area contributed by atoms with Gasteiger partial charge in [0.15, 0.2) is 0 Å². The van der Waals surface area contributed by atoms with Crippen LogP contribution in [-0.2, 0) is 20.9 Å². The quantitative estimate of drug-likeness (QED) is 0.157. The van der Waals surface area contributed by atoms with Gasteiger partial charge in [-0.25, -0.2) is 0 Å². The second-order valence-corrected chi connectivity index (χ2v) is 15.9. The van der Waals surface area contributed by atoms with E-state index in [9.17, 15) is 19.6 Å². The molecular formula is C43H49N3O6. The van der Waals surface area contributed by atoms with Crippen LogP contribution in [0.15, 0.2) is 66.7 Å². The summed E-state index contributed by atoms with van der Waals surface area (Å²) in [4.78, 5) is 41.0. The zero-order valence-corrected chi connectivity index (χ0v) is 30.4. The van der Waals surface area contributed by atoms with E-state index in [1.807, 2.05) is 49.4 Å². The molecule has 8 rings (SSSR count). The molecule has 9 nitrogen and oxygen atoms in total. The number of carbonyl (C=O) groups is 3. The van der Waals surface area contributed by atoms with Crippen molar-refractivity contribution in [2.75, 3.05) is 13.7 Å². The molecule has 3 fully saturated rings. The van der Waals surface area contributed by atoms with Crippen LogP contribution in [0.2, 0.25) is 0 Å². The van der Waals surface area contributed by atoms with Crippen LogP contribution in [0.4, 0.5) is 0 Å². The normalized spacial score (nSPS) is 27.2. The molecule has 5 aliphatic rings. The number of rotatable bonds is 11. The molecule has 0 unspecified atom stereocenters. The number of nitriles is 1. The Bertz CT molecular complexity index is 1910. The number of esters is 1. The number of hydrogen-bond donors (Lipinski definition) is 2. The number of amides is 2. The standard InChI is InChI=1S/C43H49N3O6/c1-42(18-7-19-42)26-45-40(48)37-28-12-14-29(15-13-28)38(37)46-39(47)34-23-35(31(24-44)22-36(34)50-3)52-32-16-20-43(2,21-17-32)41(49)51-25-30-10-6-9-27-8-4-5-11-33(27)30/h4-6,8-12,14,22-23,28-29,32,37-38H,7,13,15-21,25-26H2,1-3H3,(H,45,48)(H,46,47)/t28-,29+,32?,37+,38-,43?/m0/s1. The molecule has 3 aromatic rings. The maximum absolute atomic E-state index is 14.0. The van der Waals surface area contributed by atoms with E-state index in [1.54, 1.807) is 6.07 Å². The number of fused-ring (bicyclic) bond motifs is 3. The highest BCUT2D eigenvalue weighted by Gasteiger charge is 2.46. The van der Waals surface area contributed by atoms with Gasteiger partial charge >= 0.3 is 5.97 Å². The van der Waals surface area contributed by atoms with Gasteiger partial charge in [0.05, 0.1) is 35.7 Å². The van der Waals surface area contributed by atoms with Gasteiger partial charge in [0.1, 0.15) is 24.2 Å². The van der Waals surface area contributed by atoms with Crippen LogP contribution in [0.25, 0.3) is 10.8 Å². The average molecular weight is 704 g/mol. The Morgan fingerprint density at radius 3 is 2.33 bits per heavy atom. The third-order valence-electron chi connectivity index (χ3n) is 12.3. The molecule has 0 spiro atoms. The summed E-state index contributed by atoms with van der Waals surface area (Å²) in [5.74, 6) is -0.267. The Balaban J connectivity index is 1.01. The van der Waals surface area contributed by atoms with E-state index in [2.05, 4.69) is 35.8 Å². The van der Waals surface area contributed by atoms with Crippen molar-refractivity contribution in [3.8, 4) is 17.6 Å². The number of nitrogens with one attached hydrogen (secondary N) is 2. The molecule has 2 bridgehead atoms. The monoisotopic (exact) mass is 703 g/mol. The predicted octanol–water partition coefficient (Wildman–Crippen LogP) is 7.41. The first-order valence-electron chi connectivity index (χ1n) is 18.8. The zero-order valence-electron chi connectivity index (χ0n) is 30.4. The molecule has 3 saturated carbocycles. The summed E-state index contributed by atoms with van der Waals surface area (Å²) in [5.41, 5.74) is 0.987. The summed E-state index contributed by atoms with van der Waals surface area (Å²) < 4.78 is 17.9. The number of methoxy groups -OCH3 is 1. The van der Waals surface area contributed by atoms with Crippen molar-refractivity contribution in [2.24, 2.45) is 28.6 Å². The highest BCUT2D eigenvalue weighted by atomic mass is 16.5. The van der Waals surface area contributed by atoms with E-state index in [1.165, 1.54) is 19.6 Å². The summed E-state index contributed by atoms with van der Waals surface area (Å²) in [7, 11) is 1.47. The van der Waals surface area contributed by atoms with Gasteiger partial charge in [-0.1, -0.05) is 68.0 Å². The number of hydrogen-bond acceptors (Lipinski definition) is 7. The van der Waals surface area contributed by atoms with Crippen LogP contribution in [0.3, 0.4) is 0 Å². The van der Waals surface area contributed by atoms with E-state index in [0.717, 1.165) is 42.0 Å². The fourth-order valence-corrected chi connectivity index (χ4v) is 8.71. The summed E-state index contributed by atoms with van der Waals surface area (Å²) in [6, 6.07) is 19.0. The van der Waals surface area contributed by atoms with E-state index in [4.69, 9.17) is 14.2 Å². The summed E-state index contributed by atoms with van der Waals surface area (Å²) in [5, 5.41) is 18.6. The van der Waals surface area contributed by atoms with E-state index >= 15 is 0 Å². The summed E-state index contributed by atoms with van der Waals surface area (Å²) in [6.45, 7) is 5.02. The number of nitrogens with zero attached hydrogens (tertiary/aromatic N) is 1. The van der Waals surface area contributed by atoms with Crippen LogP contribution in [0.5, 0.6) is 11.5 Å². The minimum absolute atomic E-state index is 0.00460. The molecule has 0 saturated heterocycles. The Morgan fingerprint density at radius 2 is 1.63 bits per heavy atom. The van der Waals surface area contributed by atoms with Crippen molar-refractivity contribution in [1.29, 1.82) is 5.26 Å². The first-order chi connectivity index (χ1) is 25.1. The van der Waals surface area contributed by atoms with Crippen molar-refractivity contribution >= 4 is 28.6 Å². The lowest BCUT2D eigenvalue weighted by Crippen LogP contribution is -2.57. The maximum atomic E-state index is 14.0. The van der Waals surface area contributed by atoms with Crippen LogP contribution in [0.1, 0.15) is 93.1 Å². The lowest BCUT2D eigenvalue weighted by molar-refractivity contribution is -0.159. The van der Waals surface area contributed by atoms with Crippen molar-refractivity contribution < 1.29 is 28.6 Å². The van der Waals surface area contributed by atoms with Gasteiger partial charge < -0.3 is 24.8 Å². The fourth-order valence-electron chi connectivity index (χ4n) is 8.71. The molecule has 4 atom stereocenters. The van der Waals surface area contributed by atoms with Gasteiger partial charge in [-0.15, -0.1) is 0 Å². The second kappa shape index (κ2) is 14.7. The number of allylic oxidation sites excluding steroid dienone is 1. The van der Waals surface area contributed by atoms with Crippen molar-refractivity contribution in [3.63, 3.8) is 0 Å². The van der Waals surface area contributed by atoms with Crippen LogP contribution in [-0.4, -0.2) is 43.6 Å². The van der Waals surface area contributed by atoms with Gasteiger partial charge in [-0.05, 0) is 97.9 Å². The van der Waals surface area contributed by atoms with E-state index < -0.39 is 5.41 Å². The average Bonchev–Trinajstić information content (AvgIpc) is 3.16. The zero-order chi connectivity index (χ0) is 36.5. The number of ether oxygens (including phenoxy) is 3. The van der Waals surface area contributed by atoms with Crippen molar-refractivity contribution in [3.05, 3.63) is 83.4 Å². The minimum Gasteiger partial charge on any atom is -0.496 e. The van der Waals surface area contributed by atoms with Gasteiger partial charge in [0.25, 0.3) is 5.91 Å². The highest BCUT2D eigenvalue weighted by Crippen LogP contribution is 2.44. The molecule has 5 aliphatic carbocycles. The Kier molecular flexibility index (Phi) is 10.0. The third-order valence-corrected chi connectivity index (χ3v) is 12.3. The largest absolute Gasteiger partial charge is 0.496 e. The molecule has 0 aliphatic heterocycles. The topological polar surface area (TPSA) is 127 Å². The molecule has 0 heterocycles. The molecule has 9 heteroatoms. The smallest absolute Gasteiger partial charge is 0.312 e.